The number of hydrogen-bond donors (Lipinski definition) is 2. The summed E-state index contributed by atoms with van der Waals surface area (Å²) in [4.78, 5) is 24.3. The van der Waals surface area contributed by atoms with Gasteiger partial charge in [-0.05, 0) is 39.0 Å². The van der Waals surface area contributed by atoms with Crippen molar-refractivity contribution in [3.05, 3.63) is 0 Å². The van der Waals surface area contributed by atoms with Crippen LogP contribution in [-0.4, -0.2) is 49.3 Å². The lowest BCUT2D eigenvalue weighted by Gasteiger charge is -2.32. The van der Waals surface area contributed by atoms with E-state index in [0.717, 1.165) is 38.5 Å². The van der Waals surface area contributed by atoms with Gasteiger partial charge in [0, 0.05) is 19.8 Å². The van der Waals surface area contributed by atoms with Crippen molar-refractivity contribution in [2.24, 2.45) is 0 Å². The quantitative estimate of drug-likeness (QED) is 0.739. The fourth-order valence-electron chi connectivity index (χ4n) is 3.09. The molecule has 0 bridgehead atoms. The molecule has 3 atom stereocenters. The molecular weight excluding hydrogens is 284 g/mol. The topological polar surface area (TPSA) is 76.7 Å². The van der Waals surface area contributed by atoms with Crippen LogP contribution in [0.25, 0.3) is 0 Å². The zero-order chi connectivity index (χ0) is 16.0. The summed E-state index contributed by atoms with van der Waals surface area (Å²) in [6.45, 7) is 5.76. The standard InChI is InChI=1S/C16H28N2O4/c1-3-8-16(2,18-15(20)13-7-5-10-22-13)11-17-14(19)12-6-4-9-21-12/h12-13H,3-11H2,1-2H3,(H,17,19)(H,18,20)/t12-,13+,16-/m1/s1. The first kappa shape index (κ1) is 17.2. The minimum Gasteiger partial charge on any atom is -0.368 e. The first-order chi connectivity index (χ1) is 10.5. The van der Waals surface area contributed by atoms with Gasteiger partial charge in [-0.15, -0.1) is 0 Å². The van der Waals surface area contributed by atoms with Crippen LogP contribution in [0.4, 0.5) is 0 Å². The van der Waals surface area contributed by atoms with Crippen molar-refractivity contribution < 1.29 is 19.1 Å². The summed E-state index contributed by atoms with van der Waals surface area (Å²) < 4.78 is 10.8. The van der Waals surface area contributed by atoms with E-state index >= 15 is 0 Å². The Morgan fingerprint density at radius 3 is 2.18 bits per heavy atom. The molecule has 2 aliphatic heterocycles. The Kier molecular flexibility index (Phi) is 6.20. The summed E-state index contributed by atoms with van der Waals surface area (Å²) in [5.41, 5.74) is -0.452. The summed E-state index contributed by atoms with van der Waals surface area (Å²) in [7, 11) is 0. The highest BCUT2D eigenvalue weighted by atomic mass is 16.5. The first-order valence-corrected chi connectivity index (χ1v) is 8.37. The van der Waals surface area contributed by atoms with Gasteiger partial charge in [0.25, 0.3) is 0 Å². The number of ether oxygens (including phenoxy) is 2. The highest BCUT2D eigenvalue weighted by Crippen LogP contribution is 2.17. The normalized spacial score (nSPS) is 27.4. The first-order valence-electron chi connectivity index (χ1n) is 8.37. The molecule has 2 N–H and O–H groups in total. The van der Waals surface area contributed by atoms with Crippen LogP contribution in [0.3, 0.4) is 0 Å². The summed E-state index contributed by atoms with van der Waals surface area (Å²) >= 11 is 0. The Morgan fingerprint density at radius 1 is 1.09 bits per heavy atom. The molecule has 0 aliphatic carbocycles. The Balaban J connectivity index is 1.85. The summed E-state index contributed by atoms with van der Waals surface area (Å²) in [5.74, 6) is -0.147. The molecule has 2 heterocycles. The number of nitrogens with one attached hydrogen (secondary N) is 2. The Morgan fingerprint density at radius 2 is 1.68 bits per heavy atom. The third kappa shape index (κ3) is 4.68. The highest BCUT2D eigenvalue weighted by Gasteiger charge is 2.32. The lowest BCUT2D eigenvalue weighted by Crippen LogP contribution is -2.56. The van der Waals surface area contributed by atoms with Crippen molar-refractivity contribution in [2.45, 2.75) is 70.1 Å². The van der Waals surface area contributed by atoms with Gasteiger partial charge in [0.2, 0.25) is 11.8 Å². The van der Waals surface area contributed by atoms with Crippen LogP contribution >= 0.6 is 0 Å². The van der Waals surface area contributed by atoms with E-state index in [9.17, 15) is 9.59 Å². The van der Waals surface area contributed by atoms with E-state index in [1.165, 1.54) is 0 Å². The summed E-state index contributed by atoms with van der Waals surface area (Å²) in [6.07, 6.45) is 4.47. The zero-order valence-electron chi connectivity index (χ0n) is 13.7. The molecule has 2 amide bonds. The van der Waals surface area contributed by atoms with Gasteiger partial charge in [0.15, 0.2) is 0 Å². The van der Waals surface area contributed by atoms with Crippen molar-refractivity contribution >= 4 is 11.8 Å². The van der Waals surface area contributed by atoms with Crippen LogP contribution in [0.1, 0.15) is 52.4 Å². The number of carbonyl (C=O) groups is 2. The van der Waals surface area contributed by atoms with Crippen molar-refractivity contribution in [2.75, 3.05) is 19.8 Å². The Hall–Kier alpha value is -1.14. The van der Waals surface area contributed by atoms with Crippen LogP contribution in [0.2, 0.25) is 0 Å². The summed E-state index contributed by atoms with van der Waals surface area (Å²) in [5, 5.41) is 5.99. The number of rotatable bonds is 7. The third-order valence-electron chi connectivity index (χ3n) is 4.32. The largest absolute Gasteiger partial charge is 0.368 e. The van der Waals surface area contributed by atoms with Crippen LogP contribution in [0, 0.1) is 0 Å². The number of amides is 2. The molecule has 0 radical (unpaired) electrons. The second-order valence-electron chi connectivity index (χ2n) is 6.52. The summed E-state index contributed by atoms with van der Waals surface area (Å²) in [6, 6.07) is 0. The van der Waals surface area contributed by atoms with Gasteiger partial charge >= 0.3 is 0 Å². The second kappa shape index (κ2) is 7.92. The Labute approximate surface area is 132 Å². The van der Waals surface area contributed by atoms with Crippen LogP contribution in [0.15, 0.2) is 0 Å². The lowest BCUT2D eigenvalue weighted by molar-refractivity contribution is -0.133. The van der Waals surface area contributed by atoms with E-state index < -0.39 is 5.54 Å². The zero-order valence-corrected chi connectivity index (χ0v) is 13.7. The van der Waals surface area contributed by atoms with E-state index in [0.29, 0.717) is 19.8 Å². The molecule has 2 fully saturated rings. The van der Waals surface area contributed by atoms with Gasteiger partial charge < -0.3 is 20.1 Å². The van der Waals surface area contributed by atoms with E-state index in [1.807, 2.05) is 6.92 Å². The predicted molar refractivity (Wildman–Crippen MR) is 82.4 cm³/mol. The van der Waals surface area contributed by atoms with Gasteiger partial charge in [0.1, 0.15) is 12.2 Å². The van der Waals surface area contributed by atoms with E-state index in [4.69, 9.17) is 9.47 Å². The fourth-order valence-corrected chi connectivity index (χ4v) is 3.09. The molecule has 0 aromatic carbocycles. The molecule has 126 valence electrons. The van der Waals surface area contributed by atoms with Crippen molar-refractivity contribution in [3.63, 3.8) is 0 Å². The molecule has 2 saturated heterocycles. The minimum atomic E-state index is -0.452. The van der Waals surface area contributed by atoms with Gasteiger partial charge in [-0.3, -0.25) is 9.59 Å². The Bertz CT molecular complexity index is 390. The monoisotopic (exact) mass is 312 g/mol. The van der Waals surface area contributed by atoms with Crippen molar-refractivity contribution in [1.29, 1.82) is 0 Å². The van der Waals surface area contributed by atoms with Crippen LogP contribution in [-0.2, 0) is 19.1 Å². The molecule has 2 rings (SSSR count). The van der Waals surface area contributed by atoms with E-state index in [-0.39, 0.29) is 24.0 Å². The van der Waals surface area contributed by atoms with Crippen LogP contribution in [0.5, 0.6) is 0 Å². The van der Waals surface area contributed by atoms with E-state index in [2.05, 4.69) is 17.6 Å². The fraction of sp³-hybridized carbons (Fsp3) is 0.875. The molecule has 0 unspecified atom stereocenters. The molecule has 22 heavy (non-hydrogen) atoms. The van der Waals surface area contributed by atoms with Crippen LogP contribution < -0.4 is 10.6 Å². The second-order valence-corrected chi connectivity index (χ2v) is 6.52. The minimum absolute atomic E-state index is 0.0696. The number of hydrogen-bond acceptors (Lipinski definition) is 4. The van der Waals surface area contributed by atoms with Crippen molar-refractivity contribution in [1.82, 2.24) is 10.6 Å². The maximum absolute atomic E-state index is 12.3. The maximum atomic E-state index is 12.3. The molecular formula is C16H28N2O4. The predicted octanol–water partition coefficient (Wildman–Crippen LogP) is 1.14. The van der Waals surface area contributed by atoms with Gasteiger partial charge in [0.05, 0.1) is 5.54 Å². The average Bonchev–Trinajstić information content (AvgIpc) is 3.17. The molecule has 0 saturated carbocycles. The SMILES string of the molecule is CCC[C@](C)(CNC(=O)[C@H]1CCCO1)NC(=O)[C@@H]1CCCO1. The van der Waals surface area contributed by atoms with Gasteiger partial charge in [-0.25, -0.2) is 0 Å². The molecule has 2 aliphatic rings. The maximum Gasteiger partial charge on any atom is 0.249 e. The molecule has 6 heteroatoms. The molecule has 0 aromatic rings. The van der Waals surface area contributed by atoms with E-state index in [1.54, 1.807) is 0 Å². The number of carbonyl (C=O) groups excluding carboxylic acids is 2. The average molecular weight is 312 g/mol. The lowest BCUT2D eigenvalue weighted by atomic mass is 9.95. The van der Waals surface area contributed by atoms with Gasteiger partial charge in [-0.2, -0.15) is 0 Å². The smallest absolute Gasteiger partial charge is 0.249 e. The molecule has 6 nitrogen and oxygen atoms in total. The van der Waals surface area contributed by atoms with Crippen molar-refractivity contribution in [3.8, 4) is 0 Å². The van der Waals surface area contributed by atoms with Gasteiger partial charge in [-0.1, -0.05) is 13.3 Å². The molecule has 0 spiro atoms. The third-order valence-corrected chi connectivity index (χ3v) is 4.32. The molecule has 0 aromatic heterocycles. The highest BCUT2D eigenvalue weighted by molar-refractivity contribution is 5.82.